The molecule has 2 rings (SSSR count). The number of ether oxygens (including phenoxy) is 2. The van der Waals surface area contributed by atoms with Gasteiger partial charge < -0.3 is 9.47 Å². The first-order valence-corrected chi connectivity index (χ1v) is 8.21. The van der Waals surface area contributed by atoms with Crippen LogP contribution in [-0.4, -0.2) is 25.2 Å². The molecule has 0 N–H and O–H groups in total. The minimum absolute atomic E-state index is 0.138. The van der Waals surface area contributed by atoms with Crippen LogP contribution in [0.3, 0.4) is 0 Å². The monoisotopic (exact) mass is 329 g/mol. The average Bonchev–Trinajstić information content (AvgIpc) is 2.97. The fourth-order valence-electron chi connectivity index (χ4n) is 2.96. The van der Waals surface area contributed by atoms with E-state index in [0.29, 0.717) is 11.6 Å². The van der Waals surface area contributed by atoms with Crippen LogP contribution in [0.1, 0.15) is 40.5 Å². The molecular formula is C20H24O4. The topological polar surface area (TPSA) is 52.6 Å². The summed E-state index contributed by atoms with van der Waals surface area (Å²) >= 11 is 0. The van der Waals surface area contributed by atoms with Crippen molar-refractivity contribution in [2.75, 3.05) is 13.2 Å². The normalized spacial score (nSPS) is 20.5. The van der Waals surface area contributed by atoms with Crippen molar-refractivity contribution >= 4 is 18.0 Å². The molecule has 1 saturated carbocycles. The SMILES string of the molecule is [2H]/C(C)=C1/CC(C(=O)OCC)(C(=O)OCC)C/C1=C/c1ccccc1. The molecule has 0 bridgehead atoms. The summed E-state index contributed by atoms with van der Waals surface area (Å²) < 4.78 is 18.4. The van der Waals surface area contributed by atoms with Crippen molar-refractivity contribution in [2.24, 2.45) is 5.41 Å². The Balaban J connectivity index is 2.50. The molecule has 0 radical (unpaired) electrons. The summed E-state index contributed by atoms with van der Waals surface area (Å²) in [5.74, 6) is -1.16. The largest absolute Gasteiger partial charge is 0.465 e. The number of esters is 2. The van der Waals surface area contributed by atoms with E-state index >= 15 is 0 Å². The summed E-state index contributed by atoms with van der Waals surface area (Å²) in [4.78, 5) is 25.2. The van der Waals surface area contributed by atoms with E-state index in [1.165, 1.54) is 0 Å². The van der Waals surface area contributed by atoms with Gasteiger partial charge in [0.25, 0.3) is 0 Å². The maximum Gasteiger partial charge on any atom is 0.324 e. The number of carbonyl (C=O) groups excluding carboxylic acids is 2. The van der Waals surface area contributed by atoms with Crippen LogP contribution in [0.2, 0.25) is 0 Å². The molecule has 128 valence electrons. The quantitative estimate of drug-likeness (QED) is 0.607. The standard InChI is InChI=1S/C20H24O4/c1-4-16-13-20(18(21)23-5-2,19(22)24-6-3)14-17(16)12-15-10-8-7-9-11-15/h4,7-12H,5-6,13-14H2,1-3H3/b16-4+,17-12-/i4D. The van der Waals surface area contributed by atoms with E-state index in [1.54, 1.807) is 20.8 Å². The van der Waals surface area contributed by atoms with Crippen LogP contribution in [0.25, 0.3) is 6.08 Å². The number of benzene rings is 1. The van der Waals surface area contributed by atoms with Crippen LogP contribution in [0.5, 0.6) is 0 Å². The summed E-state index contributed by atoms with van der Waals surface area (Å²) in [7, 11) is 0. The molecule has 0 aliphatic heterocycles. The van der Waals surface area contributed by atoms with Gasteiger partial charge in [0.2, 0.25) is 0 Å². The molecule has 0 atom stereocenters. The van der Waals surface area contributed by atoms with Crippen molar-refractivity contribution in [3.63, 3.8) is 0 Å². The number of allylic oxidation sites excluding steroid dienone is 3. The molecule has 1 aromatic carbocycles. The van der Waals surface area contributed by atoms with Crippen LogP contribution in [0.4, 0.5) is 0 Å². The molecule has 0 amide bonds. The number of carbonyl (C=O) groups is 2. The van der Waals surface area contributed by atoms with Crippen molar-refractivity contribution < 1.29 is 20.4 Å². The molecule has 1 aliphatic carbocycles. The van der Waals surface area contributed by atoms with Crippen LogP contribution >= 0.6 is 0 Å². The fraction of sp³-hybridized carbons (Fsp3) is 0.400. The van der Waals surface area contributed by atoms with Gasteiger partial charge in [0.15, 0.2) is 5.41 Å². The van der Waals surface area contributed by atoms with E-state index < -0.39 is 17.4 Å². The van der Waals surface area contributed by atoms with Crippen molar-refractivity contribution in [1.29, 1.82) is 0 Å². The molecule has 0 saturated heterocycles. The lowest BCUT2D eigenvalue weighted by Crippen LogP contribution is -2.39. The predicted molar refractivity (Wildman–Crippen MR) is 93.1 cm³/mol. The van der Waals surface area contributed by atoms with Gasteiger partial charge in [-0.2, -0.15) is 0 Å². The number of hydrogen-bond donors (Lipinski definition) is 0. The van der Waals surface area contributed by atoms with Gasteiger partial charge in [0.1, 0.15) is 0 Å². The van der Waals surface area contributed by atoms with Crippen molar-refractivity contribution in [1.82, 2.24) is 0 Å². The minimum Gasteiger partial charge on any atom is -0.465 e. The van der Waals surface area contributed by atoms with Crippen molar-refractivity contribution in [3.05, 3.63) is 53.1 Å². The predicted octanol–water partition coefficient (Wildman–Crippen LogP) is 3.92. The molecule has 0 spiro atoms. The molecular weight excluding hydrogens is 304 g/mol. The molecule has 1 aromatic rings. The Morgan fingerprint density at radius 2 is 1.62 bits per heavy atom. The van der Waals surface area contributed by atoms with Gasteiger partial charge in [0, 0.05) is 0 Å². The first-order valence-electron chi connectivity index (χ1n) is 8.71. The molecule has 4 nitrogen and oxygen atoms in total. The Kier molecular flexibility index (Phi) is 5.47. The van der Waals surface area contributed by atoms with Gasteiger partial charge in [-0.05, 0) is 50.3 Å². The summed E-state index contributed by atoms with van der Waals surface area (Å²) in [6.07, 6.45) is 2.25. The Labute approximate surface area is 144 Å². The Morgan fingerprint density at radius 3 is 2.12 bits per heavy atom. The van der Waals surface area contributed by atoms with E-state index in [9.17, 15) is 9.59 Å². The highest BCUT2D eigenvalue weighted by molar-refractivity contribution is 6.02. The second-order valence-corrected chi connectivity index (χ2v) is 5.69. The first-order chi connectivity index (χ1) is 11.9. The molecule has 0 heterocycles. The van der Waals surface area contributed by atoms with Gasteiger partial charge in [-0.25, -0.2) is 0 Å². The van der Waals surface area contributed by atoms with Crippen molar-refractivity contribution in [2.45, 2.75) is 33.6 Å². The third kappa shape index (κ3) is 3.58. The zero-order valence-corrected chi connectivity index (χ0v) is 14.4. The van der Waals surface area contributed by atoms with Gasteiger partial charge in [-0.1, -0.05) is 42.5 Å². The molecule has 0 aromatic heterocycles. The molecule has 4 heteroatoms. The van der Waals surface area contributed by atoms with Crippen LogP contribution in [0, 0.1) is 5.41 Å². The maximum absolute atomic E-state index is 12.6. The lowest BCUT2D eigenvalue weighted by molar-refractivity contribution is -0.171. The van der Waals surface area contributed by atoms with E-state index in [1.807, 2.05) is 36.4 Å². The minimum atomic E-state index is -1.40. The third-order valence-electron chi connectivity index (χ3n) is 4.13. The third-order valence-corrected chi connectivity index (χ3v) is 4.13. The highest BCUT2D eigenvalue weighted by atomic mass is 16.6. The smallest absolute Gasteiger partial charge is 0.324 e. The highest BCUT2D eigenvalue weighted by Gasteiger charge is 2.54. The second kappa shape index (κ2) is 7.95. The van der Waals surface area contributed by atoms with Gasteiger partial charge in [-0.3, -0.25) is 9.59 Å². The average molecular weight is 329 g/mol. The zero-order valence-electron chi connectivity index (χ0n) is 15.4. The van der Waals surface area contributed by atoms with E-state index in [4.69, 9.17) is 10.8 Å². The zero-order chi connectivity index (χ0) is 18.4. The number of rotatable bonds is 5. The fourth-order valence-corrected chi connectivity index (χ4v) is 2.96. The van der Waals surface area contributed by atoms with Gasteiger partial charge in [0.05, 0.1) is 14.6 Å². The molecule has 1 fully saturated rings. The summed E-state index contributed by atoms with van der Waals surface area (Å²) in [5, 5.41) is 0. The Hall–Kier alpha value is -2.36. The van der Waals surface area contributed by atoms with Gasteiger partial charge >= 0.3 is 11.9 Å². The molecule has 1 aliphatic rings. The van der Waals surface area contributed by atoms with E-state index in [2.05, 4.69) is 0 Å². The van der Waals surface area contributed by atoms with E-state index in [0.717, 1.165) is 11.1 Å². The summed E-state index contributed by atoms with van der Waals surface area (Å²) in [6.45, 7) is 5.46. The molecule has 24 heavy (non-hydrogen) atoms. The summed E-state index contributed by atoms with van der Waals surface area (Å²) in [5.41, 5.74) is 1.06. The highest BCUT2D eigenvalue weighted by Crippen LogP contribution is 2.47. The first kappa shape index (κ1) is 16.5. The van der Waals surface area contributed by atoms with Crippen LogP contribution < -0.4 is 0 Å². The Bertz CT molecular complexity index is 682. The van der Waals surface area contributed by atoms with Crippen LogP contribution in [-0.2, 0) is 19.1 Å². The van der Waals surface area contributed by atoms with E-state index in [-0.39, 0.29) is 26.1 Å². The Morgan fingerprint density at radius 1 is 1.08 bits per heavy atom. The second-order valence-electron chi connectivity index (χ2n) is 5.69. The molecule has 0 unspecified atom stereocenters. The lowest BCUT2D eigenvalue weighted by Gasteiger charge is -2.23. The maximum atomic E-state index is 12.6. The number of hydrogen-bond acceptors (Lipinski definition) is 4. The van der Waals surface area contributed by atoms with Crippen LogP contribution in [0.15, 0.2) is 47.5 Å². The van der Waals surface area contributed by atoms with Gasteiger partial charge in [-0.15, -0.1) is 0 Å². The lowest BCUT2D eigenvalue weighted by atomic mass is 9.85. The summed E-state index contributed by atoms with van der Waals surface area (Å²) in [6, 6.07) is 9.99. The van der Waals surface area contributed by atoms with Crippen molar-refractivity contribution in [3.8, 4) is 0 Å².